The van der Waals surface area contributed by atoms with Gasteiger partial charge in [0.15, 0.2) is 0 Å². The molecule has 1 saturated heterocycles. The largest absolute Gasteiger partial charge is 0.508 e. The van der Waals surface area contributed by atoms with E-state index in [1.54, 1.807) is 12.1 Å². The van der Waals surface area contributed by atoms with Crippen molar-refractivity contribution in [1.82, 2.24) is 4.90 Å². The molecule has 0 radical (unpaired) electrons. The van der Waals surface area contributed by atoms with Gasteiger partial charge in [-0.3, -0.25) is 4.90 Å². The van der Waals surface area contributed by atoms with Crippen LogP contribution in [0.15, 0.2) is 54.6 Å². The summed E-state index contributed by atoms with van der Waals surface area (Å²) < 4.78 is 11.6. The van der Waals surface area contributed by atoms with Crippen LogP contribution < -0.4 is 0 Å². The van der Waals surface area contributed by atoms with Crippen LogP contribution in [0.1, 0.15) is 23.7 Å². The van der Waals surface area contributed by atoms with Crippen LogP contribution in [0.3, 0.4) is 0 Å². The molecule has 4 nitrogen and oxygen atoms in total. The topological polar surface area (TPSA) is 41.9 Å². The van der Waals surface area contributed by atoms with E-state index in [1.165, 1.54) is 5.56 Å². The Morgan fingerprint density at radius 3 is 2.80 bits per heavy atom. The summed E-state index contributed by atoms with van der Waals surface area (Å²) in [4.78, 5) is 2.42. The average molecular weight is 341 g/mol. The molecule has 1 atom stereocenters. The summed E-state index contributed by atoms with van der Waals surface area (Å²) in [6.07, 6.45) is 2.04. The van der Waals surface area contributed by atoms with Crippen LogP contribution in [0, 0.1) is 0 Å². The first-order valence-corrected chi connectivity index (χ1v) is 9.06. The molecule has 0 bridgehead atoms. The van der Waals surface area contributed by atoms with E-state index in [0.717, 1.165) is 57.9 Å². The number of hydrogen-bond acceptors (Lipinski definition) is 4. The molecule has 1 unspecified atom stereocenters. The zero-order chi connectivity index (χ0) is 17.3. The Morgan fingerprint density at radius 2 is 1.96 bits per heavy atom. The second-order valence-electron chi connectivity index (χ2n) is 6.46. The van der Waals surface area contributed by atoms with Gasteiger partial charge in [0, 0.05) is 26.2 Å². The number of hydrogen-bond donors (Lipinski definition) is 1. The third-order valence-corrected chi connectivity index (χ3v) is 4.53. The van der Waals surface area contributed by atoms with Gasteiger partial charge in [0.2, 0.25) is 0 Å². The normalized spacial score (nSPS) is 18.3. The molecule has 1 fully saturated rings. The Morgan fingerprint density at radius 1 is 1.08 bits per heavy atom. The van der Waals surface area contributed by atoms with Crippen molar-refractivity contribution in [2.45, 2.75) is 18.9 Å². The number of morpholine rings is 1. The molecule has 1 aliphatic rings. The second-order valence-corrected chi connectivity index (χ2v) is 6.46. The van der Waals surface area contributed by atoms with Crippen molar-refractivity contribution >= 4 is 0 Å². The molecule has 134 valence electrons. The monoisotopic (exact) mass is 341 g/mol. The fraction of sp³-hybridized carbons (Fsp3) is 0.429. The maximum atomic E-state index is 9.63. The van der Waals surface area contributed by atoms with E-state index in [4.69, 9.17) is 9.47 Å². The zero-order valence-corrected chi connectivity index (χ0v) is 14.6. The highest BCUT2D eigenvalue weighted by atomic mass is 16.5. The Kier molecular flexibility index (Phi) is 6.86. The summed E-state index contributed by atoms with van der Waals surface area (Å²) in [5.41, 5.74) is 2.37. The highest BCUT2D eigenvalue weighted by molar-refractivity contribution is 5.29. The van der Waals surface area contributed by atoms with Crippen LogP contribution in [0.5, 0.6) is 5.75 Å². The first kappa shape index (κ1) is 17.9. The number of rotatable bonds is 8. The highest BCUT2D eigenvalue weighted by Crippen LogP contribution is 2.24. The number of nitrogens with zero attached hydrogens (tertiary/aromatic N) is 1. The first-order chi connectivity index (χ1) is 12.3. The van der Waals surface area contributed by atoms with Gasteiger partial charge >= 0.3 is 0 Å². The quantitative estimate of drug-likeness (QED) is 0.747. The van der Waals surface area contributed by atoms with E-state index >= 15 is 0 Å². The van der Waals surface area contributed by atoms with Crippen LogP contribution in [-0.2, 0) is 15.9 Å². The summed E-state index contributed by atoms with van der Waals surface area (Å²) in [5.74, 6) is 0.296. The fourth-order valence-corrected chi connectivity index (χ4v) is 3.16. The Hall–Kier alpha value is -1.88. The number of ether oxygens (including phenoxy) is 2. The molecule has 0 saturated carbocycles. The average Bonchev–Trinajstić information content (AvgIpc) is 2.66. The van der Waals surface area contributed by atoms with Gasteiger partial charge in [-0.15, -0.1) is 0 Å². The zero-order valence-electron chi connectivity index (χ0n) is 14.6. The molecule has 25 heavy (non-hydrogen) atoms. The summed E-state index contributed by atoms with van der Waals surface area (Å²) in [6.45, 7) is 5.14. The van der Waals surface area contributed by atoms with E-state index in [9.17, 15) is 5.11 Å². The molecule has 4 heteroatoms. The van der Waals surface area contributed by atoms with Crippen molar-refractivity contribution in [3.05, 3.63) is 65.7 Å². The molecule has 1 heterocycles. The Balaban J connectivity index is 1.33. The van der Waals surface area contributed by atoms with Crippen LogP contribution in [-0.4, -0.2) is 49.5 Å². The molecule has 1 aliphatic heterocycles. The highest BCUT2D eigenvalue weighted by Gasteiger charge is 2.21. The van der Waals surface area contributed by atoms with Gasteiger partial charge in [-0.2, -0.15) is 0 Å². The van der Waals surface area contributed by atoms with E-state index < -0.39 is 0 Å². The molecule has 3 rings (SSSR count). The summed E-state index contributed by atoms with van der Waals surface area (Å²) in [5, 5.41) is 9.63. The second kappa shape index (κ2) is 9.56. The van der Waals surface area contributed by atoms with Gasteiger partial charge in [0.05, 0.1) is 19.3 Å². The minimum atomic E-state index is 0.0415. The van der Waals surface area contributed by atoms with Crippen molar-refractivity contribution in [1.29, 1.82) is 0 Å². The SMILES string of the molecule is Oc1cccc(C2CN(CCCOCCc3ccccc3)CCO2)c1. The van der Waals surface area contributed by atoms with E-state index in [2.05, 4.69) is 29.2 Å². The van der Waals surface area contributed by atoms with Crippen molar-refractivity contribution in [2.75, 3.05) is 39.5 Å². The van der Waals surface area contributed by atoms with E-state index in [-0.39, 0.29) is 6.10 Å². The standard InChI is InChI=1S/C21H27NO3/c23-20-9-4-8-19(16-20)21-17-22(12-15-25-21)11-5-13-24-14-10-18-6-2-1-3-7-18/h1-4,6-9,16,21,23H,5,10-15,17H2. The van der Waals surface area contributed by atoms with Gasteiger partial charge in [0.25, 0.3) is 0 Å². The molecule has 2 aromatic carbocycles. The molecule has 0 amide bonds. The van der Waals surface area contributed by atoms with Gasteiger partial charge in [-0.25, -0.2) is 0 Å². The van der Waals surface area contributed by atoms with Crippen molar-refractivity contribution in [2.24, 2.45) is 0 Å². The maximum Gasteiger partial charge on any atom is 0.115 e. The minimum Gasteiger partial charge on any atom is -0.508 e. The van der Waals surface area contributed by atoms with E-state index in [1.807, 2.05) is 18.2 Å². The number of aromatic hydroxyl groups is 1. The Labute approximate surface area is 150 Å². The minimum absolute atomic E-state index is 0.0415. The first-order valence-electron chi connectivity index (χ1n) is 9.06. The molecular weight excluding hydrogens is 314 g/mol. The van der Waals surface area contributed by atoms with Crippen molar-refractivity contribution in [3.63, 3.8) is 0 Å². The van der Waals surface area contributed by atoms with Crippen LogP contribution in [0.4, 0.5) is 0 Å². The summed E-state index contributed by atoms with van der Waals surface area (Å²) >= 11 is 0. The number of benzene rings is 2. The van der Waals surface area contributed by atoms with E-state index in [0.29, 0.717) is 5.75 Å². The predicted molar refractivity (Wildman–Crippen MR) is 98.8 cm³/mol. The van der Waals surface area contributed by atoms with Crippen LogP contribution in [0.2, 0.25) is 0 Å². The third kappa shape index (κ3) is 5.85. The lowest BCUT2D eigenvalue weighted by Crippen LogP contribution is -2.39. The lowest BCUT2D eigenvalue weighted by molar-refractivity contribution is -0.0323. The predicted octanol–water partition coefficient (Wildman–Crippen LogP) is 3.41. The van der Waals surface area contributed by atoms with Gasteiger partial charge in [0.1, 0.15) is 5.75 Å². The fourth-order valence-electron chi connectivity index (χ4n) is 3.16. The van der Waals surface area contributed by atoms with Crippen LogP contribution in [0.25, 0.3) is 0 Å². The lowest BCUT2D eigenvalue weighted by atomic mass is 10.1. The number of phenols is 1. The lowest BCUT2D eigenvalue weighted by Gasteiger charge is -2.33. The number of phenolic OH excluding ortho intramolecular Hbond substituents is 1. The van der Waals surface area contributed by atoms with Crippen molar-refractivity contribution < 1.29 is 14.6 Å². The molecule has 0 aromatic heterocycles. The molecule has 0 aliphatic carbocycles. The summed E-state index contributed by atoms with van der Waals surface area (Å²) in [7, 11) is 0. The Bertz CT molecular complexity index is 632. The molecule has 2 aromatic rings. The van der Waals surface area contributed by atoms with Gasteiger partial charge < -0.3 is 14.6 Å². The molecular formula is C21H27NO3. The van der Waals surface area contributed by atoms with Gasteiger partial charge in [-0.1, -0.05) is 42.5 Å². The third-order valence-electron chi connectivity index (χ3n) is 4.53. The van der Waals surface area contributed by atoms with Gasteiger partial charge in [-0.05, 0) is 36.1 Å². The maximum absolute atomic E-state index is 9.63. The molecule has 1 N–H and O–H groups in total. The smallest absolute Gasteiger partial charge is 0.115 e. The van der Waals surface area contributed by atoms with Crippen LogP contribution >= 0.6 is 0 Å². The summed E-state index contributed by atoms with van der Waals surface area (Å²) in [6, 6.07) is 17.8. The van der Waals surface area contributed by atoms with Crippen molar-refractivity contribution in [3.8, 4) is 5.75 Å². The molecule has 0 spiro atoms.